The van der Waals surface area contributed by atoms with Crippen LogP contribution in [0.15, 0.2) is 24.3 Å². The maximum absolute atomic E-state index is 11.7. The molecule has 1 amide bonds. The van der Waals surface area contributed by atoms with Crippen molar-refractivity contribution in [3.63, 3.8) is 0 Å². The smallest absolute Gasteiger partial charge is 0.237 e. The Bertz CT molecular complexity index is 431. The molecular weight excluding hydrogens is 226 g/mol. The Morgan fingerprint density at radius 2 is 2.00 bits per heavy atom. The van der Waals surface area contributed by atoms with Gasteiger partial charge in [0.2, 0.25) is 5.91 Å². The van der Waals surface area contributed by atoms with Gasteiger partial charge in [0.1, 0.15) is 0 Å². The molecule has 4 heteroatoms. The van der Waals surface area contributed by atoms with E-state index in [1.807, 2.05) is 26.0 Å². The van der Waals surface area contributed by atoms with Crippen LogP contribution in [-0.4, -0.2) is 11.9 Å². The van der Waals surface area contributed by atoms with Gasteiger partial charge in [-0.15, -0.1) is 0 Å². The van der Waals surface area contributed by atoms with Gasteiger partial charge in [-0.1, -0.05) is 26.0 Å². The molecule has 18 heavy (non-hydrogen) atoms. The number of hydrogen-bond donors (Lipinski definition) is 2. The molecule has 0 aromatic heterocycles. The van der Waals surface area contributed by atoms with Crippen molar-refractivity contribution in [1.29, 1.82) is 5.26 Å². The Morgan fingerprint density at radius 3 is 2.50 bits per heavy atom. The minimum atomic E-state index is -0.455. The van der Waals surface area contributed by atoms with Gasteiger partial charge in [-0.2, -0.15) is 5.26 Å². The molecule has 0 aliphatic heterocycles. The number of hydrogen-bond acceptors (Lipinski definition) is 3. The first-order valence-corrected chi connectivity index (χ1v) is 6.05. The van der Waals surface area contributed by atoms with Gasteiger partial charge >= 0.3 is 0 Å². The summed E-state index contributed by atoms with van der Waals surface area (Å²) in [6.45, 7) is 4.51. The Morgan fingerprint density at radius 1 is 1.39 bits per heavy atom. The molecule has 1 rings (SSSR count). The lowest BCUT2D eigenvalue weighted by molar-refractivity contribution is -0.122. The second kappa shape index (κ2) is 6.77. The van der Waals surface area contributed by atoms with E-state index in [1.165, 1.54) is 0 Å². The molecule has 1 aromatic rings. The van der Waals surface area contributed by atoms with Crippen molar-refractivity contribution in [3.05, 3.63) is 35.4 Å². The molecule has 96 valence electrons. The summed E-state index contributed by atoms with van der Waals surface area (Å²) in [7, 11) is 0. The van der Waals surface area contributed by atoms with E-state index in [0.717, 1.165) is 5.56 Å². The molecule has 0 saturated carbocycles. The predicted molar refractivity (Wildman–Crippen MR) is 70.4 cm³/mol. The first kappa shape index (κ1) is 14.2. The highest BCUT2D eigenvalue weighted by molar-refractivity contribution is 5.81. The van der Waals surface area contributed by atoms with Crippen molar-refractivity contribution in [3.8, 4) is 6.07 Å². The predicted octanol–water partition coefficient (Wildman–Crippen LogP) is 1.55. The van der Waals surface area contributed by atoms with Crippen molar-refractivity contribution >= 4 is 5.91 Å². The summed E-state index contributed by atoms with van der Waals surface area (Å²) in [6, 6.07) is 8.71. The van der Waals surface area contributed by atoms with Gasteiger partial charge in [0.05, 0.1) is 17.7 Å². The van der Waals surface area contributed by atoms with Crippen molar-refractivity contribution in [2.75, 3.05) is 0 Å². The molecule has 0 aliphatic rings. The molecule has 4 nitrogen and oxygen atoms in total. The zero-order valence-corrected chi connectivity index (χ0v) is 10.8. The molecule has 1 aromatic carbocycles. The maximum Gasteiger partial charge on any atom is 0.237 e. The summed E-state index contributed by atoms with van der Waals surface area (Å²) >= 11 is 0. The molecule has 0 saturated heterocycles. The van der Waals surface area contributed by atoms with Crippen LogP contribution < -0.4 is 11.1 Å². The van der Waals surface area contributed by atoms with E-state index in [1.54, 1.807) is 12.1 Å². The highest BCUT2D eigenvalue weighted by Crippen LogP contribution is 2.05. The van der Waals surface area contributed by atoms with Crippen LogP contribution in [0.1, 0.15) is 31.4 Å². The van der Waals surface area contributed by atoms with Gasteiger partial charge in [0.15, 0.2) is 0 Å². The zero-order chi connectivity index (χ0) is 13.5. The van der Waals surface area contributed by atoms with Gasteiger partial charge in [0.25, 0.3) is 0 Å². The van der Waals surface area contributed by atoms with Crippen LogP contribution >= 0.6 is 0 Å². The third-order valence-corrected chi connectivity index (χ3v) is 2.61. The lowest BCUT2D eigenvalue weighted by atomic mass is 10.0. The molecule has 0 radical (unpaired) electrons. The Kier molecular flexibility index (Phi) is 5.34. The highest BCUT2D eigenvalue weighted by atomic mass is 16.2. The van der Waals surface area contributed by atoms with Gasteiger partial charge in [-0.25, -0.2) is 0 Å². The second-order valence-corrected chi connectivity index (χ2v) is 4.76. The van der Waals surface area contributed by atoms with Crippen molar-refractivity contribution < 1.29 is 4.79 Å². The zero-order valence-electron chi connectivity index (χ0n) is 10.8. The van der Waals surface area contributed by atoms with Crippen molar-refractivity contribution in [2.24, 2.45) is 11.7 Å². The van der Waals surface area contributed by atoms with Gasteiger partial charge in [-0.05, 0) is 30.0 Å². The summed E-state index contributed by atoms with van der Waals surface area (Å²) in [5.74, 6) is 0.272. The van der Waals surface area contributed by atoms with E-state index in [-0.39, 0.29) is 5.91 Å². The summed E-state index contributed by atoms with van der Waals surface area (Å²) < 4.78 is 0. The van der Waals surface area contributed by atoms with Crippen LogP contribution in [0, 0.1) is 17.2 Å². The van der Waals surface area contributed by atoms with E-state index in [4.69, 9.17) is 11.0 Å². The monoisotopic (exact) mass is 245 g/mol. The van der Waals surface area contributed by atoms with E-state index in [9.17, 15) is 4.79 Å². The number of nitrogens with one attached hydrogen (secondary N) is 1. The first-order chi connectivity index (χ1) is 8.52. The molecular formula is C14H19N3O. The van der Waals surface area contributed by atoms with Crippen LogP contribution in [-0.2, 0) is 11.3 Å². The summed E-state index contributed by atoms with van der Waals surface area (Å²) in [4.78, 5) is 11.7. The average molecular weight is 245 g/mol. The molecule has 1 atom stereocenters. The van der Waals surface area contributed by atoms with Gasteiger partial charge in [-0.3, -0.25) is 4.79 Å². The number of amides is 1. The van der Waals surface area contributed by atoms with Crippen LogP contribution in [0.5, 0.6) is 0 Å². The maximum atomic E-state index is 11.7. The fourth-order valence-electron chi connectivity index (χ4n) is 1.63. The third-order valence-electron chi connectivity index (χ3n) is 2.61. The number of rotatable bonds is 5. The Labute approximate surface area is 108 Å². The molecule has 0 bridgehead atoms. The minimum Gasteiger partial charge on any atom is -0.351 e. The number of nitrogens with zero attached hydrogens (tertiary/aromatic N) is 1. The fraction of sp³-hybridized carbons (Fsp3) is 0.429. The molecule has 0 spiro atoms. The lowest BCUT2D eigenvalue weighted by Gasteiger charge is -2.14. The van der Waals surface area contributed by atoms with Crippen LogP contribution in [0.2, 0.25) is 0 Å². The van der Waals surface area contributed by atoms with Crippen LogP contribution in [0.25, 0.3) is 0 Å². The van der Waals surface area contributed by atoms with Crippen molar-refractivity contribution in [1.82, 2.24) is 5.32 Å². The normalized spacial score (nSPS) is 11.9. The van der Waals surface area contributed by atoms with Crippen LogP contribution in [0.4, 0.5) is 0 Å². The topological polar surface area (TPSA) is 78.9 Å². The second-order valence-electron chi connectivity index (χ2n) is 4.76. The van der Waals surface area contributed by atoms with E-state index in [2.05, 4.69) is 11.4 Å². The Hall–Kier alpha value is -1.86. The van der Waals surface area contributed by atoms with E-state index in [0.29, 0.717) is 24.4 Å². The quantitative estimate of drug-likeness (QED) is 0.826. The molecule has 0 aliphatic carbocycles. The van der Waals surface area contributed by atoms with Crippen molar-refractivity contribution in [2.45, 2.75) is 32.9 Å². The standard InChI is InChI=1S/C14H19N3O/c1-10(2)7-13(16)14(18)17-9-12-5-3-11(8-15)4-6-12/h3-6,10,13H,7,9,16H2,1-2H3,(H,17,18). The number of nitrogens with two attached hydrogens (primary N) is 1. The summed E-state index contributed by atoms with van der Waals surface area (Å²) in [5, 5.41) is 11.5. The number of benzene rings is 1. The Balaban J connectivity index is 2.44. The summed E-state index contributed by atoms with van der Waals surface area (Å²) in [6.07, 6.45) is 0.680. The van der Waals surface area contributed by atoms with Crippen LogP contribution in [0.3, 0.4) is 0 Å². The van der Waals surface area contributed by atoms with Gasteiger partial charge in [0, 0.05) is 6.54 Å². The van der Waals surface area contributed by atoms with Gasteiger partial charge < -0.3 is 11.1 Å². The molecule has 0 fully saturated rings. The lowest BCUT2D eigenvalue weighted by Crippen LogP contribution is -2.40. The number of carbonyl (C=O) groups is 1. The van der Waals surface area contributed by atoms with E-state index < -0.39 is 6.04 Å². The number of nitriles is 1. The highest BCUT2D eigenvalue weighted by Gasteiger charge is 2.14. The SMILES string of the molecule is CC(C)CC(N)C(=O)NCc1ccc(C#N)cc1. The third kappa shape index (κ3) is 4.56. The summed E-state index contributed by atoms with van der Waals surface area (Å²) in [5.41, 5.74) is 7.34. The molecule has 1 unspecified atom stereocenters. The minimum absolute atomic E-state index is 0.131. The fourth-order valence-corrected chi connectivity index (χ4v) is 1.63. The average Bonchev–Trinajstić information content (AvgIpc) is 2.35. The number of carbonyl (C=O) groups excluding carboxylic acids is 1. The largest absolute Gasteiger partial charge is 0.351 e. The molecule has 0 heterocycles. The molecule has 3 N–H and O–H groups in total. The first-order valence-electron chi connectivity index (χ1n) is 6.05. The van der Waals surface area contributed by atoms with E-state index >= 15 is 0 Å².